The van der Waals surface area contributed by atoms with Crippen LogP contribution in [0.3, 0.4) is 0 Å². The Hall–Kier alpha value is -1.40. The monoisotopic (exact) mass is 300 g/mol. The van der Waals surface area contributed by atoms with Crippen molar-refractivity contribution < 1.29 is 13.2 Å². The number of rotatable bonds is 5. The van der Waals surface area contributed by atoms with Crippen LogP contribution in [-0.4, -0.2) is 11.5 Å². The summed E-state index contributed by atoms with van der Waals surface area (Å²) in [6.07, 6.45) is 1.03. The zero-order valence-electron chi connectivity index (χ0n) is 11.3. The highest BCUT2D eigenvalue weighted by Crippen LogP contribution is 2.29. The number of nitrogens with one attached hydrogen (secondary N) is 1. The fourth-order valence-electron chi connectivity index (χ4n) is 1.77. The van der Waals surface area contributed by atoms with Gasteiger partial charge in [-0.15, -0.1) is 11.3 Å². The van der Waals surface area contributed by atoms with E-state index < -0.39 is 17.5 Å². The zero-order chi connectivity index (χ0) is 14.7. The summed E-state index contributed by atoms with van der Waals surface area (Å²) in [5.41, 5.74) is 1.08. The molecule has 1 aromatic heterocycles. The predicted molar refractivity (Wildman–Crippen MR) is 74.2 cm³/mol. The Morgan fingerprint density at radius 2 is 1.85 bits per heavy atom. The highest BCUT2D eigenvalue weighted by Gasteiger charge is 2.15. The fraction of sp³-hybridized carbons (Fsp3) is 0.357. The van der Waals surface area contributed by atoms with Crippen molar-refractivity contribution in [3.63, 3.8) is 0 Å². The Morgan fingerprint density at radius 3 is 2.45 bits per heavy atom. The zero-order valence-corrected chi connectivity index (χ0v) is 12.1. The van der Waals surface area contributed by atoms with Gasteiger partial charge < -0.3 is 5.32 Å². The Bertz CT molecular complexity index is 587. The molecule has 0 fully saturated rings. The molecular weight excluding hydrogens is 285 g/mol. The summed E-state index contributed by atoms with van der Waals surface area (Å²) in [6.45, 7) is 5.48. The number of aryl methyl sites for hydroxylation is 1. The molecule has 1 heterocycles. The van der Waals surface area contributed by atoms with Gasteiger partial charge in [0, 0.05) is 17.0 Å². The maximum atomic E-state index is 13.2. The second-order valence-corrected chi connectivity index (χ2v) is 5.54. The quantitative estimate of drug-likeness (QED) is 0.666. The molecule has 0 saturated heterocycles. The number of halogens is 3. The van der Waals surface area contributed by atoms with Gasteiger partial charge in [-0.25, -0.2) is 18.2 Å². The molecule has 2 rings (SSSR count). The molecule has 20 heavy (non-hydrogen) atoms. The first-order valence-corrected chi connectivity index (χ1v) is 7.16. The highest BCUT2D eigenvalue weighted by atomic mass is 32.1. The van der Waals surface area contributed by atoms with E-state index in [2.05, 4.69) is 17.2 Å². The van der Waals surface area contributed by atoms with Crippen molar-refractivity contribution in [1.82, 2.24) is 10.3 Å². The molecule has 0 aliphatic rings. The summed E-state index contributed by atoms with van der Waals surface area (Å²) in [7, 11) is 0. The van der Waals surface area contributed by atoms with Gasteiger partial charge in [0.2, 0.25) is 0 Å². The van der Waals surface area contributed by atoms with Crippen LogP contribution in [0.2, 0.25) is 0 Å². The Kier molecular flexibility index (Phi) is 4.77. The van der Waals surface area contributed by atoms with E-state index >= 15 is 0 Å². The summed E-state index contributed by atoms with van der Waals surface area (Å²) in [5.74, 6) is -3.84. The van der Waals surface area contributed by atoms with Crippen LogP contribution in [0.4, 0.5) is 13.2 Å². The first-order chi connectivity index (χ1) is 9.52. The van der Waals surface area contributed by atoms with Gasteiger partial charge in [0.05, 0.1) is 5.69 Å². The van der Waals surface area contributed by atoms with Crippen LogP contribution in [0.15, 0.2) is 12.1 Å². The van der Waals surface area contributed by atoms with Crippen molar-refractivity contribution in [2.45, 2.75) is 26.8 Å². The first-order valence-electron chi connectivity index (χ1n) is 6.34. The third kappa shape index (κ3) is 3.19. The van der Waals surface area contributed by atoms with Crippen molar-refractivity contribution in [1.29, 1.82) is 0 Å². The fourth-order valence-corrected chi connectivity index (χ4v) is 2.79. The third-order valence-corrected chi connectivity index (χ3v) is 4.04. The van der Waals surface area contributed by atoms with E-state index in [0.29, 0.717) is 11.6 Å². The van der Waals surface area contributed by atoms with Gasteiger partial charge in [-0.3, -0.25) is 0 Å². The molecule has 0 unspecified atom stereocenters. The van der Waals surface area contributed by atoms with E-state index in [1.54, 1.807) is 0 Å². The standard InChI is InChI=1S/C14H15F3N2S/c1-3-4-18-7-12-8(2)19-14(20-12)9-5-10(15)13(17)11(16)6-9/h5-6,18H,3-4,7H2,1-2H3. The molecule has 0 bridgehead atoms. The van der Waals surface area contributed by atoms with E-state index in [-0.39, 0.29) is 5.56 Å². The van der Waals surface area contributed by atoms with Crippen molar-refractivity contribution in [2.24, 2.45) is 0 Å². The molecule has 0 spiro atoms. The van der Waals surface area contributed by atoms with Gasteiger partial charge in [-0.2, -0.15) is 0 Å². The van der Waals surface area contributed by atoms with E-state index in [1.165, 1.54) is 11.3 Å². The number of nitrogens with zero attached hydrogens (tertiary/aromatic N) is 1. The summed E-state index contributed by atoms with van der Waals surface area (Å²) >= 11 is 1.36. The minimum Gasteiger partial charge on any atom is -0.312 e. The van der Waals surface area contributed by atoms with Crippen molar-refractivity contribution >= 4 is 11.3 Å². The van der Waals surface area contributed by atoms with Crippen LogP contribution in [0, 0.1) is 24.4 Å². The van der Waals surface area contributed by atoms with Gasteiger partial charge in [-0.05, 0) is 32.0 Å². The van der Waals surface area contributed by atoms with E-state index in [0.717, 1.165) is 35.7 Å². The second-order valence-electron chi connectivity index (χ2n) is 4.46. The van der Waals surface area contributed by atoms with E-state index in [1.807, 2.05) is 6.92 Å². The van der Waals surface area contributed by atoms with Crippen molar-refractivity contribution in [3.8, 4) is 10.6 Å². The van der Waals surface area contributed by atoms with E-state index in [9.17, 15) is 13.2 Å². The normalized spacial score (nSPS) is 11.1. The third-order valence-electron chi connectivity index (χ3n) is 2.84. The molecule has 0 amide bonds. The lowest BCUT2D eigenvalue weighted by Gasteiger charge is -2.00. The predicted octanol–water partition coefficient (Wildman–Crippen LogP) is 4.04. The minimum atomic E-state index is -1.45. The average Bonchev–Trinajstić information content (AvgIpc) is 2.77. The van der Waals surface area contributed by atoms with Gasteiger partial charge in [0.25, 0.3) is 0 Å². The lowest BCUT2D eigenvalue weighted by atomic mass is 10.2. The Morgan fingerprint density at radius 1 is 1.20 bits per heavy atom. The largest absolute Gasteiger partial charge is 0.312 e. The van der Waals surface area contributed by atoms with Crippen LogP contribution in [-0.2, 0) is 6.54 Å². The molecule has 2 nitrogen and oxygen atoms in total. The molecule has 108 valence electrons. The van der Waals surface area contributed by atoms with Gasteiger partial charge in [0.15, 0.2) is 17.5 Å². The molecule has 1 aromatic carbocycles. The molecule has 0 aliphatic carbocycles. The van der Waals surface area contributed by atoms with Crippen LogP contribution >= 0.6 is 11.3 Å². The van der Waals surface area contributed by atoms with Gasteiger partial charge >= 0.3 is 0 Å². The second kappa shape index (κ2) is 6.37. The Labute approximate surface area is 119 Å². The SMILES string of the molecule is CCCNCc1sc(-c2cc(F)c(F)c(F)c2)nc1C. The summed E-state index contributed by atoms with van der Waals surface area (Å²) in [5, 5.41) is 3.75. The summed E-state index contributed by atoms with van der Waals surface area (Å²) < 4.78 is 39.4. The van der Waals surface area contributed by atoms with E-state index in [4.69, 9.17) is 0 Å². The number of hydrogen-bond acceptors (Lipinski definition) is 3. The lowest BCUT2D eigenvalue weighted by molar-refractivity contribution is 0.447. The molecule has 0 saturated carbocycles. The Balaban J connectivity index is 2.27. The van der Waals surface area contributed by atoms with Crippen molar-refractivity contribution in [3.05, 3.63) is 40.2 Å². The smallest absolute Gasteiger partial charge is 0.194 e. The maximum Gasteiger partial charge on any atom is 0.194 e. The molecule has 0 atom stereocenters. The number of aromatic nitrogens is 1. The van der Waals surface area contributed by atoms with Gasteiger partial charge in [-0.1, -0.05) is 6.92 Å². The maximum absolute atomic E-state index is 13.2. The number of thiazole rings is 1. The molecule has 0 radical (unpaired) electrons. The number of hydrogen-bond donors (Lipinski definition) is 1. The van der Waals surface area contributed by atoms with Crippen LogP contribution in [0.5, 0.6) is 0 Å². The van der Waals surface area contributed by atoms with Crippen LogP contribution in [0.25, 0.3) is 10.6 Å². The number of benzene rings is 1. The summed E-state index contributed by atoms with van der Waals surface area (Å²) in [6, 6.07) is 1.94. The minimum absolute atomic E-state index is 0.260. The van der Waals surface area contributed by atoms with Crippen LogP contribution < -0.4 is 5.32 Å². The average molecular weight is 300 g/mol. The lowest BCUT2D eigenvalue weighted by Crippen LogP contribution is -2.13. The topological polar surface area (TPSA) is 24.9 Å². The van der Waals surface area contributed by atoms with Crippen molar-refractivity contribution in [2.75, 3.05) is 6.54 Å². The molecule has 2 aromatic rings. The summed E-state index contributed by atoms with van der Waals surface area (Å²) in [4.78, 5) is 5.31. The molecule has 6 heteroatoms. The molecule has 0 aliphatic heterocycles. The van der Waals surface area contributed by atoms with Gasteiger partial charge in [0.1, 0.15) is 5.01 Å². The molecule has 1 N–H and O–H groups in total. The molecular formula is C14H15F3N2S. The first kappa shape index (κ1) is 15.0. The highest BCUT2D eigenvalue weighted by molar-refractivity contribution is 7.15. The van der Waals surface area contributed by atoms with Crippen LogP contribution in [0.1, 0.15) is 23.9 Å².